The predicted molar refractivity (Wildman–Crippen MR) is 107 cm³/mol. The van der Waals surface area contributed by atoms with Crippen molar-refractivity contribution in [3.63, 3.8) is 0 Å². The molecule has 0 fully saturated rings. The van der Waals surface area contributed by atoms with Crippen LogP contribution in [0.25, 0.3) is 0 Å². The second-order valence-electron chi connectivity index (χ2n) is 5.93. The van der Waals surface area contributed by atoms with Gasteiger partial charge in [0, 0.05) is 0 Å². The number of hydrogen-bond acceptors (Lipinski definition) is 1. The van der Waals surface area contributed by atoms with Gasteiger partial charge in [-0.1, -0.05) is 53.4 Å². The molecule has 0 saturated heterocycles. The van der Waals surface area contributed by atoms with E-state index in [1.165, 1.54) is 82.0 Å². The predicted octanol–water partition coefficient (Wildman–Crippen LogP) is 5.16. The van der Waals surface area contributed by atoms with Crippen LogP contribution in [0, 0.1) is 0 Å². The summed E-state index contributed by atoms with van der Waals surface area (Å²) in [5, 5.41) is 13.9. The number of halogens is 1. The standard InChI is InChI=1S/C16H36N.CH2O3.BrH.K.H/c1-5-9-13-17(14-10-6-2,15-11-7-3)16-12-8-4;2-1(3)4;;;/h5-16H2,1-4H3;(H2,2,3,4);1H;;/q+1;;;;. The van der Waals surface area contributed by atoms with Crippen LogP contribution in [0.2, 0.25) is 0 Å². The molecule has 0 aliphatic rings. The molecule has 0 unspecified atom stereocenters. The van der Waals surface area contributed by atoms with Crippen molar-refractivity contribution in [2.24, 2.45) is 0 Å². The zero-order valence-electron chi connectivity index (χ0n) is 15.1. The second-order valence-corrected chi connectivity index (χ2v) is 5.93. The van der Waals surface area contributed by atoms with Crippen LogP contribution in [0.15, 0.2) is 0 Å². The van der Waals surface area contributed by atoms with Gasteiger partial charge in [0.15, 0.2) is 0 Å². The SMILES string of the molecule is Br.CCCC[N+](CCCC)(CCCC)CCCC.O=C(O)O.[KH]. The molecule has 0 saturated carbocycles. The quantitative estimate of drug-likeness (QED) is 0.336. The summed E-state index contributed by atoms with van der Waals surface area (Å²) in [5.41, 5.74) is 0. The van der Waals surface area contributed by atoms with Gasteiger partial charge in [-0.2, -0.15) is 0 Å². The van der Waals surface area contributed by atoms with Gasteiger partial charge < -0.3 is 14.7 Å². The molecule has 138 valence electrons. The summed E-state index contributed by atoms with van der Waals surface area (Å²) in [7, 11) is 0. The van der Waals surface area contributed by atoms with Crippen molar-refractivity contribution >= 4 is 74.5 Å². The van der Waals surface area contributed by atoms with Crippen molar-refractivity contribution < 1.29 is 19.5 Å². The molecule has 0 aromatic rings. The van der Waals surface area contributed by atoms with Gasteiger partial charge >= 0.3 is 57.5 Å². The Balaban J connectivity index is -0.000000268. The molecule has 0 radical (unpaired) electrons. The first-order valence-electron chi connectivity index (χ1n) is 8.74. The zero-order chi connectivity index (χ0) is 16.6. The molecule has 0 aromatic heterocycles. The first-order valence-corrected chi connectivity index (χ1v) is 8.74. The first-order chi connectivity index (χ1) is 9.97. The van der Waals surface area contributed by atoms with Crippen LogP contribution in [-0.2, 0) is 0 Å². The molecule has 0 heterocycles. The molecule has 0 atom stereocenters. The first kappa shape index (κ1) is 32.1. The third-order valence-corrected chi connectivity index (χ3v) is 3.94. The number of hydrogen-bond donors (Lipinski definition) is 2. The van der Waals surface area contributed by atoms with Crippen LogP contribution in [0.1, 0.15) is 79.1 Å². The van der Waals surface area contributed by atoms with E-state index in [1.54, 1.807) is 0 Å². The molecule has 0 rings (SSSR count). The maximum atomic E-state index is 8.56. The van der Waals surface area contributed by atoms with Gasteiger partial charge in [0.1, 0.15) is 0 Å². The molecule has 0 amide bonds. The van der Waals surface area contributed by atoms with Gasteiger partial charge in [-0.05, 0) is 25.7 Å². The van der Waals surface area contributed by atoms with Gasteiger partial charge in [-0.25, -0.2) is 4.79 Å². The topological polar surface area (TPSA) is 57.5 Å². The third-order valence-electron chi connectivity index (χ3n) is 3.94. The summed E-state index contributed by atoms with van der Waals surface area (Å²) < 4.78 is 1.42. The van der Waals surface area contributed by atoms with Gasteiger partial charge in [0.2, 0.25) is 0 Å². The third kappa shape index (κ3) is 23.3. The molecule has 6 heteroatoms. The van der Waals surface area contributed by atoms with Crippen molar-refractivity contribution in [1.29, 1.82) is 0 Å². The van der Waals surface area contributed by atoms with E-state index in [0.29, 0.717) is 0 Å². The Morgan fingerprint density at radius 2 is 0.870 bits per heavy atom. The molecule has 0 spiro atoms. The average Bonchev–Trinajstić information content (AvgIpc) is 2.45. The minimum absolute atomic E-state index is 0. The van der Waals surface area contributed by atoms with Crippen molar-refractivity contribution in [2.75, 3.05) is 26.2 Å². The number of carboxylic acid groups (broad SMARTS) is 2. The molecule has 23 heavy (non-hydrogen) atoms. The summed E-state index contributed by atoms with van der Waals surface area (Å²) in [5.74, 6) is 0. The van der Waals surface area contributed by atoms with E-state index in [4.69, 9.17) is 15.0 Å². The van der Waals surface area contributed by atoms with Crippen molar-refractivity contribution in [3.8, 4) is 0 Å². The number of quaternary nitrogens is 1. The Kier molecular flexibility index (Phi) is 32.5. The van der Waals surface area contributed by atoms with Crippen molar-refractivity contribution in [1.82, 2.24) is 0 Å². The molecular formula is C17H40BrKNO3+. The Bertz CT molecular complexity index is 202. The maximum absolute atomic E-state index is 8.56. The van der Waals surface area contributed by atoms with Gasteiger partial charge in [-0.3, -0.25) is 0 Å². The van der Waals surface area contributed by atoms with E-state index in [1.807, 2.05) is 0 Å². The summed E-state index contributed by atoms with van der Waals surface area (Å²) in [6.45, 7) is 15.0. The molecule has 0 bridgehead atoms. The average molecular weight is 426 g/mol. The van der Waals surface area contributed by atoms with Crippen LogP contribution in [0.4, 0.5) is 4.79 Å². The number of carbonyl (C=O) groups is 1. The van der Waals surface area contributed by atoms with E-state index in [-0.39, 0.29) is 68.4 Å². The van der Waals surface area contributed by atoms with E-state index in [9.17, 15) is 0 Å². The number of unbranched alkanes of at least 4 members (excludes halogenated alkanes) is 4. The van der Waals surface area contributed by atoms with Crippen LogP contribution in [0.5, 0.6) is 0 Å². The van der Waals surface area contributed by atoms with Crippen LogP contribution in [0.3, 0.4) is 0 Å². The zero-order valence-corrected chi connectivity index (χ0v) is 16.9. The van der Waals surface area contributed by atoms with Gasteiger partial charge in [0.05, 0.1) is 26.2 Å². The fourth-order valence-electron chi connectivity index (χ4n) is 2.64. The fourth-order valence-corrected chi connectivity index (χ4v) is 2.64. The van der Waals surface area contributed by atoms with Crippen molar-refractivity contribution in [3.05, 3.63) is 0 Å². The molecule has 0 aliphatic heterocycles. The molecule has 2 N–H and O–H groups in total. The van der Waals surface area contributed by atoms with E-state index >= 15 is 0 Å². The summed E-state index contributed by atoms with van der Waals surface area (Å²) in [4.78, 5) is 8.56. The molecule has 0 aliphatic carbocycles. The fraction of sp³-hybridized carbons (Fsp3) is 0.941. The van der Waals surface area contributed by atoms with Crippen molar-refractivity contribution in [2.45, 2.75) is 79.1 Å². The summed E-state index contributed by atoms with van der Waals surface area (Å²) >= 11 is 0. The second kappa shape index (κ2) is 23.3. The van der Waals surface area contributed by atoms with Crippen LogP contribution < -0.4 is 0 Å². The molecule has 4 nitrogen and oxygen atoms in total. The monoisotopic (exact) mass is 424 g/mol. The van der Waals surface area contributed by atoms with Crippen LogP contribution >= 0.6 is 17.0 Å². The summed E-state index contributed by atoms with van der Waals surface area (Å²) in [6.07, 6.45) is 9.23. The Hall–Kier alpha value is 1.35. The number of rotatable bonds is 12. The Morgan fingerprint density at radius 3 is 1.00 bits per heavy atom. The normalized spacial score (nSPS) is 9.91. The minimum atomic E-state index is -1.83. The van der Waals surface area contributed by atoms with Gasteiger partial charge in [-0.15, -0.1) is 17.0 Å². The Labute approximate surface area is 197 Å². The Morgan fingerprint density at radius 1 is 0.696 bits per heavy atom. The van der Waals surface area contributed by atoms with Gasteiger partial charge in [0.25, 0.3) is 0 Å². The molecule has 0 aromatic carbocycles. The molecular weight excluding hydrogens is 385 g/mol. The van der Waals surface area contributed by atoms with E-state index in [2.05, 4.69) is 27.7 Å². The summed E-state index contributed by atoms with van der Waals surface area (Å²) in [6, 6.07) is 0. The van der Waals surface area contributed by atoms with E-state index < -0.39 is 6.16 Å². The van der Waals surface area contributed by atoms with Crippen LogP contribution in [-0.4, -0.2) is 98.4 Å². The number of nitrogens with zero attached hydrogens (tertiary/aromatic N) is 1. The van der Waals surface area contributed by atoms with E-state index in [0.717, 1.165) is 0 Å².